The standard InChI is InChI=1S/C19H16INOS/c20-13-10-8-12(9-11-13)19-18-15(5-3-6-16(18)22)21-14-4-1-2-7-17(14)23-19/h1-2,4,7-11,19,21H,3,5-6H2/t19-/m1/s1. The molecule has 0 spiro atoms. The molecule has 2 aromatic rings. The van der Waals surface area contributed by atoms with Crippen molar-refractivity contribution in [1.29, 1.82) is 0 Å². The van der Waals surface area contributed by atoms with E-state index in [0.717, 1.165) is 29.8 Å². The Balaban J connectivity index is 1.86. The van der Waals surface area contributed by atoms with Gasteiger partial charge in [0.1, 0.15) is 0 Å². The first-order valence-electron chi connectivity index (χ1n) is 7.77. The molecule has 0 fully saturated rings. The van der Waals surface area contributed by atoms with Crippen LogP contribution in [-0.4, -0.2) is 5.78 Å². The topological polar surface area (TPSA) is 29.1 Å². The molecule has 0 amide bonds. The molecule has 1 aliphatic carbocycles. The predicted octanol–water partition coefficient (Wildman–Crippen LogP) is 5.56. The molecule has 0 saturated carbocycles. The Labute approximate surface area is 153 Å². The molecule has 23 heavy (non-hydrogen) atoms. The van der Waals surface area contributed by atoms with Crippen LogP contribution in [0.5, 0.6) is 0 Å². The van der Waals surface area contributed by atoms with Crippen LogP contribution in [0, 0.1) is 3.57 Å². The fraction of sp³-hybridized carbons (Fsp3) is 0.211. The summed E-state index contributed by atoms with van der Waals surface area (Å²) in [4.78, 5) is 13.9. The summed E-state index contributed by atoms with van der Waals surface area (Å²) < 4.78 is 1.22. The van der Waals surface area contributed by atoms with Crippen LogP contribution >= 0.6 is 34.4 Å². The van der Waals surface area contributed by atoms with E-state index in [1.165, 1.54) is 14.0 Å². The van der Waals surface area contributed by atoms with Crippen molar-refractivity contribution in [1.82, 2.24) is 0 Å². The minimum Gasteiger partial charge on any atom is -0.358 e. The first-order chi connectivity index (χ1) is 11.2. The molecular weight excluding hydrogens is 417 g/mol. The van der Waals surface area contributed by atoms with E-state index in [1.54, 1.807) is 11.8 Å². The Hall–Kier alpha value is -1.27. The van der Waals surface area contributed by atoms with E-state index in [-0.39, 0.29) is 5.25 Å². The Morgan fingerprint density at radius 1 is 1.04 bits per heavy atom. The summed E-state index contributed by atoms with van der Waals surface area (Å²) in [5, 5.41) is 3.61. The molecule has 0 aromatic heterocycles. The van der Waals surface area contributed by atoms with Gasteiger partial charge in [0.2, 0.25) is 0 Å². The molecular formula is C19H16INOS. The Morgan fingerprint density at radius 3 is 2.65 bits per heavy atom. The molecule has 4 heteroatoms. The first-order valence-corrected chi connectivity index (χ1v) is 9.72. The molecule has 116 valence electrons. The van der Waals surface area contributed by atoms with Gasteiger partial charge in [-0.2, -0.15) is 0 Å². The molecule has 1 heterocycles. The maximum Gasteiger partial charge on any atom is 0.162 e. The average Bonchev–Trinajstić information content (AvgIpc) is 2.73. The number of halogens is 1. The molecule has 2 aromatic carbocycles. The van der Waals surface area contributed by atoms with Gasteiger partial charge < -0.3 is 5.32 Å². The van der Waals surface area contributed by atoms with Crippen molar-refractivity contribution < 1.29 is 4.79 Å². The highest BCUT2D eigenvalue weighted by molar-refractivity contribution is 14.1. The fourth-order valence-corrected chi connectivity index (χ4v) is 4.89. The van der Waals surface area contributed by atoms with Crippen LogP contribution in [0.15, 0.2) is 64.7 Å². The average molecular weight is 433 g/mol. The van der Waals surface area contributed by atoms with Gasteiger partial charge in [-0.15, -0.1) is 11.8 Å². The highest BCUT2D eigenvalue weighted by Crippen LogP contribution is 2.49. The summed E-state index contributed by atoms with van der Waals surface area (Å²) in [6.45, 7) is 0. The minimum absolute atomic E-state index is 0.0750. The van der Waals surface area contributed by atoms with Crippen molar-refractivity contribution in [2.45, 2.75) is 29.4 Å². The Kier molecular flexibility index (Phi) is 4.20. The predicted molar refractivity (Wildman–Crippen MR) is 104 cm³/mol. The number of ketones is 1. The number of nitrogens with one attached hydrogen (secondary N) is 1. The smallest absolute Gasteiger partial charge is 0.162 e. The number of fused-ring (bicyclic) bond motifs is 1. The number of benzene rings is 2. The zero-order valence-electron chi connectivity index (χ0n) is 12.5. The van der Waals surface area contributed by atoms with Crippen LogP contribution in [0.2, 0.25) is 0 Å². The summed E-state index contributed by atoms with van der Waals surface area (Å²) >= 11 is 4.10. The van der Waals surface area contributed by atoms with Gasteiger partial charge in [0.05, 0.1) is 10.9 Å². The van der Waals surface area contributed by atoms with Gasteiger partial charge in [0.25, 0.3) is 0 Å². The third-order valence-corrected chi connectivity index (χ3v) is 6.38. The Morgan fingerprint density at radius 2 is 1.83 bits per heavy atom. The number of para-hydroxylation sites is 1. The summed E-state index contributed by atoms with van der Waals surface area (Å²) in [7, 11) is 0. The summed E-state index contributed by atoms with van der Waals surface area (Å²) in [5.74, 6) is 0.294. The molecule has 0 saturated heterocycles. The summed E-state index contributed by atoms with van der Waals surface area (Å²) in [5.41, 5.74) is 4.41. The monoisotopic (exact) mass is 433 g/mol. The molecule has 0 unspecified atom stereocenters. The summed E-state index contributed by atoms with van der Waals surface area (Å²) in [6, 6.07) is 16.9. The molecule has 1 atom stereocenters. The summed E-state index contributed by atoms with van der Waals surface area (Å²) in [6.07, 6.45) is 2.56. The van der Waals surface area contributed by atoms with Gasteiger partial charge in [-0.25, -0.2) is 0 Å². The van der Waals surface area contributed by atoms with E-state index in [2.05, 4.69) is 70.4 Å². The van der Waals surface area contributed by atoms with Crippen molar-refractivity contribution >= 4 is 45.8 Å². The second-order valence-electron chi connectivity index (χ2n) is 5.84. The van der Waals surface area contributed by atoms with Crippen LogP contribution in [0.25, 0.3) is 0 Å². The largest absolute Gasteiger partial charge is 0.358 e. The number of carbonyl (C=O) groups excluding carboxylic acids is 1. The number of allylic oxidation sites excluding steroid dienone is 1. The quantitative estimate of drug-likeness (QED) is 0.598. The highest BCUT2D eigenvalue weighted by Gasteiger charge is 2.32. The zero-order valence-corrected chi connectivity index (χ0v) is 15.5. The molecule has 1 aliphatic heterocycles. The number of rotatable bonds is 1. The lowest BCUT2D eigenvalue weighted by Crippen LogP contribution is -2.19. The first kappa shape index (κ1) is 15.3. The second-order valence-corrected chi connectivity index (χ2v) is 8.23. The third-order valence-electron chi connectivity index (χ3n) is 4.31. The van der Waals surface area contributed by atoms with Crippen LogP contribution in [0.4, 0.5) is 5.69 Å². The van der Waals surface area contributed by atoms with Crippen molar-refractivity contribution in [3.8, 4) is 0 Å². The van der Waals surface area contributed by atoms with E-state index in [9.17, 15) is 4.79 Å². The van der Waals surface area contributed by atoms with E-state index in [4.69, 9.17) is 0 Å². The van der Waals surface area contributed by atoms with Crippen LogP contribution in [-0.2, 0) is 4.79 Å². The van der Waals surface area contributed by atoms with Crippen molar-refractivity contribution in [2.75, 3.05) is 5.32 Å². The van der Waals surface area contributed by atoms with Gasteiger partial charge in [-0.05, 0) is 65.3 Å². The van der Waals surface area contributed by atoms with Gasteiger partial charge in [-0.3, -0.25) is 4.79 Å². The Bertz CT molecular complexity index is 797. The lowest BCUT2D eigenvalue weighted by atomic mass is 9.89. The van der Waals surface area contributed by atoms with Gasteiger partial charge in [-0.1, -0.05) is 24.3 Å². The van der Waals surface area contributed by atoms with Crippen molar-refractivity contribution in [3.63, 3.8) is 0 Å². The SMILES string of the molecule is O=C1CCCC2=C1[C@@H](c1ccc(I)cc1)Sc1ccccc1N2. The number of Topliss-reactive ketones (excluding diaryl/α,β-unsaturated/α-hetero) is 1. The van der Waals surface area contributed by atoms with Gasteiger partial charge in [0.15, 0.2) is 5.78 Å². The second kappa shape index (κ2) is 6.32. The van der Waals surface area contributed by atoms with Crippen LogP contribution in [0.1, 0.15) is 30.1 Å². The van der Waals surface area contributed by atoms with E-state index in [1.807, 2.05) is 6.07 Å². The lowest BCUT2D eigenvalue weighted by Gasteiger charge is -2.24. The lowest BCUT2D eigenvalue weighted by molar-refractivity contribution is -0.116. The van der Waals surface area contributed by atoms with Crippen molar-refractivity contribution in [2.24, 2.45) is 0 Å². The van der Waals surface area contributed by atoms with E-state index < -0.39 is 0 Å². The third kappa shape index (κ3) is 2.94. The number of hydrogen-bond donors (Lipinski definition) is 1. The molecule has 4 rings (SSSR count). The maximum atomic E-state index is 12.7. The molecule has 0 bridgehead atoms. The number of carbonyl (C=O) groups is 1. The van der Waals surface area contributed by atoms with Gasteiger partial charge >= 0.3 is 0 Å². The van der Waals surface area contributed by atoms with Crippen molar-refractivity contribution in [3.05, 3.63) is 68.9 Å². The molecule has 0 radical (unpaired) electrons. The molecule has 2 nitrogen and oxygen atoms in total. The van der Waals surface area contributed by atoms with E-state index >= 15 is 0 Å². The minimum atomic E-state index is 0.0750. The highest BCUT2D eigenvalue weighted by atomic mass is 127. The number of anilines is 1. The normalized spacial score (nSPS) is 20.4. The maximum absolute atomic E-state index is 12.7. The van der Waals surface area contributed by atoms with E-state index in [0.29, 0.717) is 12.2 Å². The van der Waals surface area contributed by atoms with Crippen LogP contribution < -0.4 is 5.32 Å². The fourth-order valence-electron chi connectivity index (χ4n) is 3.19. The number of thioether (sulfide) groups is 1. The molecule has 2 aliphatic rings. The van der Waals surface area contributed by atoms with Gasteiger partial charge in [0, 0.05) is 26.2 Å². The number of hydrogen-bond acceptors (Lipinski definition) is 3. The molecule has 1 N–H and O–H groups in total. The zero-order chi connectivity index (χ0) is 15.8. The van der Waals surface area contributed by atoms with Crippen LogP contribution in [0.3, 0.4) is 0 Å².